The summed E-state index contributed by atoms with van der Waals surface area (Å²) in [5, 5.41) is 3.60. The molecule has 0 aliphatic carbocycles. The lowest BCUT2D eigenvalue weighted by molar-refractivity contribution is -0.136. The minimum Gasteiger partial charge on any atom is -0.381 e. The van der Waals surface area contributed by atoms with Gasteiger partial charge < -0.3 is 5.32 Å². The van der Waals surface area contributed by atoms with Crippen LogP contribution in [0.25, 0.3) is 0 Å². The van der Waals surface area contributed by atoms with Crippen molar-refractivity contribution in [3.63, 3.8) is 0 Å². The van der Waals surface area contributed by atoms with Gasteiger partial charge in [0.25, 0.3) is 0 Å². The number of alkyl halides is 3. The lowest BCUT2D eigenvalue weighted by atomic mass is 10.2. The van der Waals surface area contributed by atoms with Crippen LogP contribution in [0, 0.1) is 0 Å². The van der Waals surface area contributed by atoms with Gasteiger partial charge in [0.1, 0.15) is 0 Å². The zero-order valence-corrected chi connectivity index (χ0v) is 9.82. The number of rotatable bonds is 4. The minimum absolute atomic E-state index is 0.606. The Morgan fingerprint density at radius 1 is 1.44 bits per heavy atom. The van der Waals surface area contributed by atoms with Crippen LogP contribution >= 0.6 is 11.8 Å². The predicted molar refractivity (Wildman–Crippen MR) is 59.8 cm³/mol. The molecule has 0 bridgehead atoms. The van der Waals surface area contributed by atoms with E-state index in [0.29, 0.717) is 5.69 Å². The van der Waals surface area contributed by atoms with Crippen LogP contribution in [0.5, 0.6) is 0 Å². The standard InChI is InChI=1S/C10H13F3N2S/c1-7(5-10(11,12)13)15-8-3-4-9(16-2)14-6-8/h3-4,6-7,15H,5H2,1-2H3. The smallest absolute Gasteiger partial charge is 0.381 e. The molecule has 1 N–H and O–H groups in total. The molecule has 0 aliphatic rings. The molecular weight excluding hydrogens is 237 g/mol. The first-order valence-electron chi connectivity index (χ1n) is 4.74. The summed E-state index contributed by atoms with van der Waals surface area (Å²) in [7, 11) is 0. The van der Waals surface area contributed by atoms with Crippen molar-refractivity contribution < 1.29 is 13.2 Å². The molecule has 1 aromatic rings. The van der Waals surface area contributed by atoms with Gasteiger partial charge in [-0.15, -0.1) is 11.8 Å². The van der Waals surface area contributed by atoms with E-state index in [4.69, 9.17) is 0 Å². The number of hydrogen-bond acceptors (Lipinski definition) is 3. The number of aromatic nitrogens is 1. The molecule has 0 saturated heterocycles. The topological polar surface area (TPSA) is 24.9 Å². The summed E-state index contributed by atoms with van der Waals surface area (Å²) in [5.74, 6) is 0. The zero-order valence-electron chi connectivity index (χ0n) is 9.01. The molecule has 16 heavy (non-hydrogen) atoms. The number of thioether (sulfide) groups is 1. The van der Waals surface area contributed by atoms with E-state index in [9.17, 15) is 13.2 Å². The minimum atomic E-state index is -4.14. The Hall–Kier alpha value is -0.910. The molecular formula is C10H13F3N2S. The molecule has 90 valence electrons. The van der Waals surface area contributed by atoms with Crippen LogP contribution in [0.1, 0.15) is 13.3 Å². The lowest BCUT2D eigenvalue weighted by Crippen LogP contribution is -2.23. The van der Waals surface area contributed by atoms with Gasteiger partial charge in [0.05, 0.1) is 23.3 Å². The summed E-state index contributed by atoms with van der Waals surface area (Å²) < 4.78 is 36.2. The Morgan fingerprint density at radius 2 is 2.12 bits per heavy atom. The summed E-state index contributed by atoms with van der Waals surface area (Å²) in [6.07, 6.45) is -1.56. The second-order valence-corrected chi connectivity index (χ2v) is 4.28. The normalized spacial score (nSPS) is 13.6. The van der Waals surface area contributed by atoms with Crippen LogP contribution in [0.15, 0.2) is 23.4 Å². The Labute approximate surface area is 96.6 Å². The third-order valence-electron chi connectivity index (χ3n) is 1.90. The maximum absolute atomic E-state index is 12.1. The van der Waals surface area contributed by atoms with E-state index in [-0.39, 0.29) is 0 Å². The van der Waals surface area contributed by atoms with Crippen molar-refractivity contribution in [2.45, 2.75) is 30.6 Å². The fourth-order valence-corrected chi connectivity index (χ4v) is 1.63. The van der Waals surface area contributed by atoms with E-state index >= 15 is 0 Å². The Bertz CT molecular complexity index is 324. The van der Waals surface area contributed by atoms with E-state index in [1.807, 2.05) is 6.26 Å². The molecule has 0 radical (unpaired) electrons. The van der Waals surface area contributed by atoms with Gasteiger partial charge in [-0.05, 0) is 25.3 Å². The average Bonchev–Trinajstić information content (AvgIpc) is 2.16. The van der Waals surface area contributed by atoms with Crippen LogP contribution in [0.3, 0.4) is 0 Å². The number of hydrogen-bond donors (Lipinski definition) is 1. The summed E-state index contributed by atoms with van der Waals surface area (Å²) in [6, 6.07) is 2.85. The molecule has 0 spiro atoms. The molecule has 1 atom stereocenters. The van der Waals surface area contributed by atoms with Gasteiger partial charge in [-0.25, -0.2) is 4.98 Å². The average molecular weight is 250 g/mol. The maximum atomic E-state index is 12.1. The summed E-state index contributed by atoms with van der Waals surface area (Å²) >= 11 is 1.49. The molecule has 0 aromatic carbocycles. The summed E-state index contributed by atoms with van der Waals surface area (Å²) in [4.78, 5) is 4.07. The van der Waals surface area contributed by atoms with Crippen LogP contribution in [0.2, 0.25) is 0 Å². The Morgan fingerprint density at radius 3 is 2.56 bits per heavy atom. The molecule has 0 amide bonds. The van der Waals surface area contributed by atoms with Gasteiger partial charge in [0, 0.05) is 6.04 Å². The van der Waals surface area contributed by atoms with E-state index in [2.05, 4.69) is 10.3 Å². The van der Waals surface area contributed by atoms with Gasteiger partial charge in [0.15, 0.2) is 0 Å². The van der Waals surface area contributed by atoms with Gasteiger partial charge in [-0.3, -0.25) is 0 Å². The van der Waals surface area contributed by atoms with Gasteiger partial charge in [-0.1, -0.05) is 0 Å². The van der Waals surface area contributed by atoms with Crippen LogP contribution < -0.4 is 5.32 Å². The monoisotopic (exact) mass is 250 g/mol. The number of anilines is 1. The largest absolute Gasteiger partial charge is 0.391 e. The first kappa shape index (κ1) is 13.2. The fourth-order valence-electron chi connectivity index (χ4n) is 1.27. The van der Waals surface area contributed by atoms with Crippen LogP contribution in [-0.4, -0.2) is 23.5 Å². The quantitative estimate of drug-likeness (QED) is 0.827. The van der Waals surface area contributed by atoms with Crippen molar-refractivity contribution >= 4 is 17.4 Å². The van der Waals surface area contributed by atoms with Crippen molar-refractivity contribution in [1.82, 2.24) is 4.98 Å². The molecule has 0 aliphatic heterocycles. The summed E-state index contributed by atoms with van der Waals surface area (Å²) in [6.45, 7) is 1.50. The first-order valence-corrected chi connectivity index (χ1v) is 5.96. The van der Waals surface area contributed by atoms with Crippen molar-refractivity contribution in [3.05, 3.63) is 18.3 Å². The highest BCUT2D eigenvalue weighted by atomic mass is 32.2. The van der Waals surface area contributed by atoms with E-state index in [1.54, 1.807) is 18.3 Å². The highest BCUT2D eigenvalue weighted by Gasteiger charge is 2.29. The molecule has 1 aromatic heterocycles. The molecule has 2 nitrogen and oxygen atoms in total. The number of nitrogens with zero attached hydrogens (tertiary/aromatic N) is 1. The highest BCUT2D eigenvalue weighted by molar-refractivity contribution is 7.98. The Kier molecular flexibility index (Phi) is 4.46. The van der Waals surface area contributed by atoms with Crippen molar-refractivity contribution in [2.24, 2.45) is 0 Å². The molecule has 6 heteroatoms. The third-order valence-corrected chi connectivity index (χ3v) is 2.56. The van der Waals surface area contributed by atoms with Gasteiger partial charge >= 0.3 is 6.18 Å². The summed E-state index contributed by atoms with van der Waals surface area (Å²) in [5.41, 5.74) is 0.606. The molecule has 0 saturated carbocycles. The van der Waals surface area contributed by atoms with Crippen molar-refractivity contribution in [3.8, 4) is 0 Å². The van der Waals surface area contributed by atoms with Crippen molar-refractivity contribution in [1.29, 1.82) is 0 Å². The molecule has 1 rings (SSSR count). The van der Waals surface area contributed by atoms with Crippen LogP contribution in [0.4, 0.5) is 18.9 Å². The SMILES string of the molecule is CSc1ccc(NC(C)CC(F)(F)F)cn1. The highest BCUT2D eigenvalue weighted by Crippen LogP contribution is 2.23. The van der Waals surface area contributed by atoms with Gasteiger partial charge in [-0.2, -0.15) is 13.2 Å². The number of nitrogens with one attached hydrogen (secondary N) is 1. The Balaban J connectivity index is 2.53. The van der Waals surface area contributed by atoms with E-state index < -0.39 is 18.6 Å². The third kappa shape index (κ3) is 4.74. The number of halogens is 3. The number of pyridine rings is 1. The van der Waals surface area contributed by atoms with E-state index in [0.717, 1.165) is 5.03 Å². The first-order chi connectivity index (χ1) is 7.40. The predicted octanol–water partition coefficient (Wildman–Crippen LogP) is 3.56. The van der Waals surface area contributed by atoms with Crippen LogP contribution in [-0.2, 0) is 0 Å². The lowest BCUT2D eigenvalue weighted by Gasteiger charge is -2.16. The van der Waals surface area contributed by atoms with Crippen molar-refractivity contribution in [2.75, 3.05) is 11.6 Å². The van der Waals surface area contributed by atoms with E-state index in [1.165, 1.54) is 18.7 Å². The van der Waals surface area contributed by atoms with Gasteiger partial charge in [0.2, 0.25) is 0 Å². The maximum Gasteiger partial charge on any atom is 0.391 e. The fraction of sp³-hybridized carbons (Fsp3) is 0.500. The molecule has 1 heterocycles. The second kappa shape index (κ2) is 5.43. The zero-order chi connectivity index (χ0) is 12.2. The molecule has 1 unspecified atom stereocenters. The molecule has 0 fully saturated rings. The second-order valence-electron chi connectivity index (χ2n) is 3.45.